The smallest absolute Gasteiger partial charge is 0.207 e. The summed E-state index contributed by atoms with van der Waals surface area (Å²) < 4.78 is 31.3. The third-order valence-corrected chi connectivity index (χ3v) is 7.81. The molecule has 1 N–H and O–H groups in total. The fourth-order valence-electron chi connectivity index (χ4n) is 4.28. The molecule has 4 heteroatoms. The average Bonchev–Trinajstić information content (AvgIpc) is 2.77. The van der Waals surface area contributed by atoms with Crippen LogP contribution in [-0.2, 0) is 10.0 Å². The van der Waals surface area contributed by atoms with Crippen LogP contribution >= 0.6 is 0 Å². The molecule has 0 unspecified atom stereocenters. The molecule has 0 amide bonds. The van der Waals surface area contributed by atoms with Crippen molar-refractivity contribution in [3.05, 3.63) is 100 Å². The molecule has 176 valence electrons. The lowest BCUT2D eigenvalue weighted by molar-refractivity contribution is 0.566. The van der Waals surface area contributed by atoms with Crippen molar-refractivity contribution < 1.29 is 8.42 Å². The van der Waals surface area contributed by atoms with Crippen LogP contribution in [0, 0.1) is 6.92 Å². The molecule has 3 aromatic carbocycles. The predicted octanol–water partition coefficient (Wildman–Crippen LogP) is 7.43. The van der Waals surface area contributed by atoms with Crippen LogP contribution in [0.25, 0.3) is 0 Å². The molecule has 0 radical (unpaired) electrons. The Balaban J connectivity index is 2.23. The lowest BCUT2D eigenvalue weighted by atomic mass is 9.89. The van der Waals surface area contributed by atoms with Gasteiger partial charge >= 0.3 is 0 Å². The number of hydrogen-bond acceptors (Lipinski definition) is 2. The molecule has 0 fully saturated rings. The molecule has 3 aromatic rings. The van der Waals surface area contributed by atoms with E-state index in [1.165, 1.54) is 5.56 Å². The van der Waals surface area contributed by atoms with Gasteiger partial charge in [-0.15, -0.1) is 0 Å². The number of hydrogen-bond donors (Lipinski definition) is 1. The SMILES string of the molecule is Cc1ccccc1[C@H](NS(=O)(=O)c1c(C(C)C)cc(C(C)C)cc1C(C)C)c1ccccc1. The highest BCUT2D eigenvalue weighted by Gasteiger charge is 2.30. The number of nitrogens with one attached hydrogen (secondary N) is 1. The maximum Gasteiger partial charge on any atom is 0.242 e. The fraction of sp³-hybridized carbons (Fsp3) is 0.379. The maximum absolute atomic E-state index is 14.1. The van der Waals surface area contributed by atoms with Crippen LogP contribution in [0.15, 0.2) is 71.6 Å². The van der Waals surface area contributed by atoms with Crippen molar-refractivity contribution in [3.8, 4) is 0 Å². The topological polar surface area (TPSA) is 46.2 Å². The van der Waals surface area contributed by atoms with E-state index in [9.17, 15) is 8.42 Å². The second kappa shape index (κ2) is 10.2. The third kappa shape index (κ3) is 5.56. The Morgan fingerprint density at radius 3 is 1.64 bits per heavy atom. The summed E-state index contributed by atoms with van der Waals surface area (Å²) >= 11 is 0. The zero-order chi connectivity index (χ0) is 24.3. The van der Waals surface area contributed by atoms with E-state index in [-0.39, 0.29) is 11.8 Å². The molecule has 0 aliphatic carbocycles. The first kappa shape index (κ1) is 25.2. The highest BCUT2D eigenvalue weighted by Crippen LogP contribution is 2.36. The Morgan fingerprint density at radius 1 is 0.636 bits per heavy atom. The van der Waals surface area contributed by atoms with Gasteiger partial charge < -0.3 is 0 Å². The van der Waals surface area contributed by atoms with Gasteiger partial charge in [-0.1, -0.05) is 108 Å². The first-order chi connectivity index (χ1) is 15.5. The highest BCUT2D eigenvalue weighted by molar-refractivity contribution is 7.89. The van der Waals surface area contributed by atoms with Crippen molar-refractivity contribution in [2.75, 3.05) is 0 Å². The summed E-state index contributed by atoms with van der Waals surface area (Å²) in [5.41, 5.74) is 5.88. The summed E-state index contributed by atoms with van der Waals surface area (Å²) in [7, 11) is -3.82. The Labute approximate surface area is 200 Å². The Bertz CT molecular complexity index is 1170. The van der Waals surface area contributed by atoms with Gasteiger partial charge in [0.15, 0.2) is 0 Å². The summed E-state index contributed by atoms with van der Waals surface area (Å²) in [5.74, 6) is 0.497. The summed E-state index contributed by atoms with van der Waals surface area (Å²) in [4.78, 5) is 0.436. The lowest BCUT2D eigenvalue weighted by Crippen LogP contribution is -2.32. The molecule has 3 rings (SSSR count). The van der Waals surface area contributed by atoms with E-state index < -0.39 is 16.1 Å². The van der Waals surface area contributed by atoms with Crippen molar-refractivity contribution in [1.82, 2.24) is 4.72 Å². The number of sulfonamides is 1. The molecule has 3 nitrogen and oxygen atoms in total. The van der Waals surface area contributed by atoms with E-state index in [4.69, 9.17) is 0 Å². The van der Waals surface area contributed by atoms with Gasteiger partial charge in [-0.05, 0) is 58.1 Å². The van der Waals surface area contributed by atoms with Crippen molar-refractivity contribution in [3.63, 3.8) is 0 Å². The maximum atomic E-state index is 14.1. The van der Waals surface area contributed by atoms with Gasteiger partial charge in [-0.2, -0.15) is 4.72 Å². The van der Waals surface area contributed by atoms with Crippen molar-refractivity contribution >= 4 is 10.0 Å². The van der Waals surface area contributed by atoms with E-state index >= 15 is 0 Å². The minimum atomic E-state index is -3.82. The summed E-state index contributed by atoms with van der Waals surface area (Å²) in [6.45, 7) is 14.6. The van der Waals surface area contributed by atoms with E-state index in [2.05, 4.69) is 58.4 Å². The third-order valence-electron chi connectivity index (χ3n) is 6.25. The lowest BCUT2D eigenvalue weighted by Gasteiger charge is -2.26. The van der Waals surface area contributed by atoms with Gasteiger partial charge in [0.05, 0.1) is 10.9 Å². The fourth-order valence-corrected chi connectivity index (χ4v) is 6.18. The standard InChI is InChI=1S/C29H37NO2S/c1-19(2)24-17-26(20(3)4)29(27(18-24)21(5)6)33(31,32)30-28(23-14-9-8-10-15-23)25-16-12-11-13-22(25)7/h8-21,28,30H,1-7H3/t28-/m1/s1. The summed E-state index contributed by atoms with van der Waals surface area (Å²) in [6.07, 6.45) is 0. The molecule has 1 atom stereocenters. The number of rotatable bonds is 8. The van der Waals surface area contributed by atoms with Gasteiger partial charge in [0, 0.05) is 0 Å². The predicted molar refractivity (Wildman–Crippen MR) is 138 cm³/mol. The summed E-state index contributed by atoms with van der Waals surface area (Å²) in [5, 5.41) is 0. The minimum Gasteiger partial charge on any atom is -0.207 e. The van der Waals surface area contributed by atoms with Crippen LogP contribution in [0.3, 0.4) is 0 Å². The van der Waals surface area contributed by atoms with Crippen molar-refractivity contribution in [1.29, 1.82) is 0 Å². The van der Waals surface area contributed by atoms with Gasteiger partial charge in [0.25, 0.3) is 0 Å². The minimum absolute atomic E-state index is 0.0846. The van der Waals surface area contributed by atoms with Crippen LogP contribution in [-0.4, -0.2) is 8.42 Å². The number of benzene rings is 3. The molecule has 0 saturated carbocycles. The normalized spacial score (nSPS) is 13.2. The zero-order valence-electron chi connectivity index (χ0n) is 20.9. The first-order valence-electron chi connectivity index (χ1n) is 11.8. The first-order valence-corrected chi connectivity index (χ1v) is 13.3. The molecule has 0 aliphatic heterocycles. The van der Waals surface area contributed by atoms with Gasteiger partial charge in [0.1, 0.15) is 0 Å². The average molecular weight is 464 g/mol. The molecular formula is C29H37NO2S. The van der Waals surface area contributed by atoms with Gasteiger partial charge in [0.2, 0.25) is 10.0 Å². The molecule has 0 aliphatic rings. The largest absolute Gasteiger partial charge is 0.242 e. The van der Waals surface area contributed by atoms with E-state index in [1.54, 1.807) is 0 Å². The van der Waals surface area contributed by atoms with Gasteiger partial charge in [-0.3, -0.25) is 0 Å². The molecule has 0 bridgehead atoms. The number of aryl methyl sites for hydroxylation is 1. The van der Waals surface area contributed by atoms with Crippen LogP contribution in [0.4, 0.5) is 0 Å². The molecule has 0 spiro atoms. The summed E-state index contributed by atoms with van der Waals surface area (Å²) in [6, 6.07) is 21.5. The van der Waals surface area contributed by atoms with E-state index in [1.807, 2.05) is 61.5 Å². The van der Waals surface area contributed by atoms with E-state index in [0.29, 0.717) is 10.8 Å². The molecule has 33 heavy (non-hydrogen) atoms. The van der Waals surface area contributed by atoms with Crippen molar-refractivity contribution in [2.24, 2.45) is 0 Å². The highest BCUT2D eigenvalue weighted by atomic mass is 32.2. The van der Waals surface area contributed by atoms with Crippen LogP contribution in [0.2, 0.25) is 0 Å². The van der Waals surface area contributed by atoms with E-state index in [0.717, 1.165) is 27.8 Å². The monoisotopic (exact) mass is 463 g/mol. The Morgan fingerprint density at radius 2 is 1.15 bits per heavy atom. The zero-order valence-corrected chi connectivity index (χ0v) is 21.7. The Hall–Kier alpha value is -2.43. The second-order valence-electron chi connectivity index (χ2n) is 9.81. The Kier molecular flexibility index (Phi) is 7.81. The quantitative estimate of drug-likeness (QED) is 0.377. The van der Waals surface area contributed by atoms with Crippen LogP contribution < -0.4 is 4.72 Å². The molecule has 0 aromatic heterocycles. The van der Waals surface area contributed by atoms with Crippen molar-refractivity contribution in [2.45, 2.75) is 77.2 Å². The molecular weight excluding hydrogens is 426 g/mol. The van der Waals surface area contributed by atoms with Crippen LogP contribution in [0.1, 0.15) is 98.7 Å². The second-order valence-corrected chi connectivity index (χ2v) is 11.5. The van der Waals surface area contributed by atoms with Crippen LogP contribution in [0.5, 0.6) is 0 Å². The molecule has 0 heterocycles. The van der Waals surface area contributed by atoms with Gasteiger partial charge in [-0.25, -0.2) is 8.42 Å². The molecule has 0 saturated heterocycles.